The Labute approximate surface area is 147 Å². The lowest BCUT2D eigenvalue weighted by Crippen LogP contribution is -2.44. The third-order valence-electron chi connectivity index (χ3n) is 5.07. The largest absolute Gasteiger partial charge is 0.377 e. The Morgan fingerprint density at radius 1 is 1.36 bits per heavy atom. The van der Waals surface area contributed by atoms with Crippen LogP contribution in [0.3, 0.4) is 0 Å². The molecule has 4 rings (SSSR count). The molecule has 1 fully saturated rings. The lowest BCUT2D eigenvalue weighted by molar-refractivity contribution is -0.140. The number of rotatable bonds is 4. The first-order chi connectivity index (χ1) is 12.2. The highest BCUT2D eigenvalue weighted by atomic mass is 16.5. The Balaban J connectivity index is 1.41. The van der Waals surface area contributed by atoms with E-state index in [0.717, 1.165) is 31.0 Å². The number of ether oxygens (including phenoxy) is 1. The van der Waals surface area contributed by atoms with E-state index in [1.54, 1.807) is 6.20 Å². The van der Waals surface area contributed by atoms with Crippen molar-refractivity contribution in [2.45, 2.75) is 25.8 Å². The quantitative estimate of drug-likeness (QED) is 0.926. The van der Waals surface area contributed by atoms with Gasteiger partial charge in [0, 0.05) is 43.6 Å². The van der Waals surface area contributed by atoms with E-state index >= 15 is 0 Å². The van der Waals surface area contributed by atoms with Crippen molar-refractivity contribution in [3.8, 4) is 0 Å². The molecule has 0 spiro atoms. The van der Waals surface area contributed by atoms with Crippen LogP contribution in [0.15, 0.2) is 30.5 Å². The molecule has 2 aromatic rings. The van der Waals surface area contributed by atoms with E-state index in [0.29, 0.717) is 26.2 Å². The molecule has 1 saturated heterocycles. The summed E-state index contributed by atoms with van der Waals surface area (Å²) in [6, 6.07) is 8.36. The number of carbonyl (C=O) groups is 1. The summed E-state index contributed by atoms with van der Waals surface area (Å²) in [6.45, 7) is 5.45. The Bertz CT molecular complexity index is 757. The fraction of sp³-hybridized carbons (Fsp3) is 0.474. The molecule has 6 nitrogen and oxygen atoms in total. The zero-order valence-electron chi connectivity index (χ0n) is 14.6. The number of para-hydroxylation sites is 1. The van der Waals surface area contributed by atoms with Gasteiger partial charge in [0.15, 0.2) is 0 Å². The summed E-state index contributed by atoms with van der Waals surface area (Å²) in [7, 11) is 0. The van der Waals surface area contributed by atoms with E-state index in [1.807, 2.05) is 11.8 Å². The van der Waals surface area contributed by atoms with Crippen molar-refractivity contribution in [2.24, 2.45) is 0 Å². The van der Waals surface area contributed by atoms with Gasteiger partial charge in [0.1, 0.15) is 11.9 Å². The Hall–Kier alpha value is -2.34. The number of aryl methyl sites for hydroxylation is 1. The van der Waals surface area contributed by atoms with Crippen molar-refractivity contribution >= 4 is 11.6 Å². The van der Waals surface area contributed by atoms with Crippen LogP contribution in [-0.2, 0) is 16.0 Å². The molecule has 0 saturated carbocycles. The molecule has 0 bridgehead atoms. The second kappa shape index (κ2) is 6.88. The van der Waals surface area contributed by atoms with Crippen LogP contribution in [0.4, 0.5) is 5.69 Å². The smallest absolute Gasteiger partial charge is 0.225 e. The number of hydrogen-bond acceptors (Lipinski definition) is 4. The molecule has 1 aromatic heterocycles. The highest BCUT2D eigenvalue weighted by molar-refractivity contribution is 5.77. The van der Waals surface area contributed by atoms with Crippen molar-refractivity contribution in [1.29, 1.82) is 0 Å². The highest BCUT2D eigenvalue weighted by Gasteiger charge is 2.31. The average Bonchev–Trinajstić information content (AvgIpc) is 3.26. The topological polar surface area (TPSA) is 61.5 Å². The SMILES string of the molecule is Cc1cnc([C@@H]2COCCN2C(=O)CCN2CCc3ccccc32)[nH]1. The first kappa shape index (κ1) is 16.1. The lowest BCUT2D eigenvalue weighted by atomic mass is 10.1. The molecular weight excluding hydrogens is 316 g/mol. The van der Waals surface area contributed by atoms with E-state index in [-0.39, 0.29) is 11.9 Å². The van der Waals surface area contributed by atoms with E-state index in [1.165, 1.54) is 11.3 Å². The summed E-state index contributed by atoms with van der Waals surface area (Å²) in [6.07, 6.45) is 3.38. The number of aromatic amines is 1. The van der Waals surface area contributed by atoms with Crippen LogP contribution < -0.4 is 4.90 Å². The maximum Gasteiger partial charge on any atom is 0.225 e. The maximum atomic E-state index is 12.9. The number of morpholine rings is 1. The lowest BCUT2D eigenvalue weighted by Gasteiger charge is -2.35. The maximum absolute atomic E-state index is 12.9. The van der Waals surface area contributed by atoms with Crippen LogP contribution in [0.25, 0.3) is 0 Å². The summed E-state index contributed by atoms with van der Waals surface area (Å²) in [5, 5.41) is 0. The Kier molecular flexibility index (Phi) is 4.44. The number of benzene rings is 1. The molecule has 0 radical (unpaired) electrons. The zero-order valence-corrected chi connectivity index (χ0v) is 14.6. The van der Waals surface area contributed by atoms with Crippen LogP contribution in [0.1, 0.15) is 29.5 Å². The summed E-state index contributed by atoms with van der Waals surface area (Å²) in [4.78, 5) is 24.7. The zero-order chi connectivity index (χ0) is 17.2. The molecule has 1 atom stereocenters. The normalized spacial score (nSPS) is 20.0. The molecular formula is C19H24N4O2. The number of carbonyl (C=O) groups excluding carboxylic acids is 1. The molecule has 2 aliphatic heterocycles. The molecule has 1 amide bonds. The molecule has 6 heteroatoms. The minimum absolute atomic E-state index is 0.110. The van der Waals surface area contributed by atoms with Gasteiger partial charge in [0.25, 0.3) is 0 Å². The van der Waals surface area contributed by atoms with Gasteiger partial charge in [-0.05, 0) is 25.0 Å². The molecule has 2 aliphatic rings. The van der Waals surface area contributed by atoms with E-state index in [4.69, 9.17) is 4.74 Å². The fourth-order valence-corrected chi connectivity index (χ4v) is 3.74. The van der Waals surface area contributed by atoms with Crippen LogP contribution in [0, 0.1) is 6.92 Å². The van der Waals surface area contributed by atoms with Gasteiger partial charge in [-0.15, -0.1) is 0 Å². The second-order valence-corrected chi connectivity index (χ2v) is 6.75. The third kappa shape index (κ3) is 3.26. The van der Waals surface area contributed by atoms with Gasteiger partial charge < -0.3 is 19.5 Å². The minimum atomic E-state index is -0.110. The number of nitrogens with zero attached hydrogens (tertiary/aromatic N) is 3. The van der Waals surface area contributed by atoms with Crippen LogP contribution >= 0.6 is 0 Å². The number of H-pyrrole nitrogens is 1. The minimum Gasteiger partial charge on any atom is -0.377 e. The van der Waals surface area contributed by atoms with Gasteiger partial charge in [-0.1, -0.05) is 18.2 Å². The average molecular weight is 340 g/mol. The van der Waals surface area contributed by atoms with E-state index in [2.05, 4.69) is 39.1 Å². The standard InChI is InChI=1S/C19H24N4O2/c1-14-12-20-19(21-14)17-13-25-11-10-23(17)18(24)7-9-22-8-6-15-4-2-3-5-16(15)22/h2-5,12,17H,6-11,13H2,1H3,(H,20,21)/t17-/m0/s1. The molecule has 0 unspecified atom stereocenters. The van der Waals surface area contributed by atoms with Gasteiger partial charge in [0.2, 0.25) is 5.91 Å². The van der Waals surface area contributed by atoms with Crippen LogP contribution in [-0.4, -0.2) is 53.6 Å². The number of amides is 1. The first-order valence-corrected chi connectivity index (χ1v) is 8.94. The van der Waals surface area contributed by atoms with Crippen molar-refractivity contribution in [3.63, 3.8) is 0 Å². The van der Waals surface area contributed by atoms with Crippen LogP contribution in [0.2, 0.25) is 0 Å². The summed E-state index contributed by atoms with van der Waals surface area (Å²) >= 11 is 0. The van der Waals surface area contributed by atoms with Gasteiger partial charge in [-0.3, -0.25) is 4.79 Å². The summed E-state index contributed by atoms with van der Waals surface area (Å²) in [5.41, 5.74) is 3.65. The number of hydrogen-bond donors (Lipinski definition) is 1. The fourth-order valence-electron chi connectivity index (χ4n) is 3.74. The predicted octanol–water partition coefficient (Wildman–Crippen LogP) is 2.07. The number of anilines is 1. The van der Waals surface area contributed by atoms with Crippen molar-refractivity contribution < 1.29 is 9.53 Å². The third-order valence-corrected chi connectivity index (χ3v) is 5.07. The predicted molar refractivity (Wildman–Crippen MR) is 95.6 cm³/mol. The highest BCUT2D eigenvalue weighted by Crippen LogP contribution is 2.28. The van der Waals surface area contributed by atoms with E-state index in [9.17, 15) is 4.79 Å². The molecule has 25 heavy (non-hydrogen) atoms. The number of imidazole rings is 1. The molecule has 0 aliphatic carbocycles. The Morgan fingerprint density at radius 2 is 2.24 bits per heavy atom. The van der Waals surface area contributed by atoms with Crippen molar-refractivity contribution in [1.82, 2.24) is 14.9 Å². The van der Waals surface area contributed by atoms with Gasteiger partial charge in [-0.25, -0.2) is 4.98 Å². The van der Waals surface area contributed by atoms with E-state index < -0.39 is 0 Å². The van der Waals surface area contributed by atoms with Gasteiger partial charge in [-0.2, -0.15) is 0 Å². The number of nitrogens with one attached hydrogen (secondary N) is 1. The van der Waals surface area contributed by atoms with Crippen LogP contribution in [0.5, 0.6) is 0 Å². The molecule has 3 heterocycles. The summed E-state index contributed by atoms with van der Waals surface area (Å²) < 4.78 is 5.59. The van der Waals surface area contributed by atoms with Crippen molar-refractivity contribution in [3.05, 3.63) is 47.5 Å². The van der Waals surface area contributed by atoms with Gasteiger partial charge >= 0.3 is 0 Å². The monoisotopic (exact) mass is 340 g/mol. The van der Waals surface area contributed by atoms with Gasteiger partial charge in [0.05, 0.1) is 13.2 Å². The Morgan fingerprint density at radius 3 is 3.08 bits per heavy atom. The molecule has 1 aromatic carbocycles. The second-order valence-electron chi connectivity index (χ2n) is 6.75. The summed E-state index contributed by atoms with van der Waals surface area (Å²) in [5.74, 6) is 0.990. The number of aromatic nitrogens is 2. The molecule has 132 valence electrons. The molecule has 1 N–H and O–H groups in total. The number of fused-ring (bicyclic) bond motifs is 1. The first-order valence-electron chi connectivity index (χ1n) is 8.94. The van der Waals surface area contributed by atoms with Crippen molar-refractivity contribution in [2.75, 3.05) is 37.7 Å².